The van der Waals surface area contributed by atoms with E-state index in [9.17, 15) is 9.59 Å². The molecule has 0 saturated carbocycles. The third-order valence-electron chi connectivity index (χ3n) is 3.29. The Bertz CT molecular complexity index is 617. The lowest BCUT2D eigenvalue weighted by atomic mass is 10.2. The van der Waals surface area contributed by atoms with Gasteiger partial charge in [-0.1, -0.05) is 6.07 Å². The molecular weight excluding hydrogens is 286 g/mol. The number of carbonyl (C=O) groups excluding carboxylic acids is 2. The van der Waals surface area contributed by atoms with Crippen LogP contribution in [0.25, 0.3) is 0 Å². The van der Waals surface area contributed by atoms with Crippen molar-refractivity contribution in [3.05, 3.63) is 45.9 Å². The van der Waals surface area contributed by atoms with Gasteiger partial charge >= 0.3 is 0 Å². The van der Waals surface area contributed by atoms with E-state index in [2.05, 4.69) is 21.3 Å². The molecule has 0 fully saturated rings. The lowest BCUT2D eigenvalue weighted by Crippen LogP contribution is -2.34. The monoisotopic (exact) mass is 305 g/mol. The van der Waals surface area contributed by atoms with Gasteiger partial charge in [0.2, 0.25) is 0 Å². The first-order chi connectivity index (χ1) is 9.99. The van der Waals surface area contributed by atoms with Crippen molar-refractivity contribution in [1.29, 1.82) is 0 Å². The van der Waals surface area contributed by atoms with Crippen molar-refractivity contribution in [1.82, 2.24) is 15.2 Å². The summed E-state index contributed by atoms with van der Waals surface area (Å²) in [6.45, 7) is 1.99. The zero-order chi connectivity index (χ0) is 15.4. The van der Waals surface area contributed by atoms with Gasteiger partial charge in [0.05, 0.1) is 6.04 Å². The minimum Gasteiger partial charge on any atom is -0.356 e. The highest BCUT2D eigenvalue weighted by molar-refractivity contribution is 7.10. The Kier molecular flexibility index (Phi) is 4.93. The van der Waals surface area contributed by atoms with Crippen molar-refractivity contribution in [3.63, 3.8) is 0 Å². The maximum absolute atomic E-state index is 12.1. The fourth-order valence-corrected chi connectivity index (χ4v) is 2.95. The Hall–Kier alpha value is -1.92. The molecule has 0 spiro atoms. The number of likely N-dealkylation sites (N-methyl/N-ethyl adjacent to an activating group) is 1. The molecule has 112 valence electrons. The summed E-state index contributed by atoms with van der Waals surface area (Å²) in [4.78, 5) is 29.5. The van der Waals surface area contributed by atoms with E-state index in [1.165, 1.54) is 11.8 Å². The maximum atomic E-state index is 12.1. The summed E-state index contributed by atoms with van der Waals surface area (Å²) in [6.07, 6.45) is 1.56. The highest BCUT2D eigenvalue weighted by Gasteiger charge is 2.17. The lowest BCUT2D eigenvalue weighted by molar-refractivity contribution is 0.0937. The molecule has 2 N–H and O–H groups in total. The highest BCUT2D eigenvalue weighted by Crippen LogP contribution is 2.22. The van der Waals surface area contributed by atoms with Crippen molar-refractivity contribution in [2.75, 3.05) is 20.6 Å². The number of nitrogens with zero attached hydrogens (tertiary/aromatic N) is 1. The van der Waals surface area contributed by atoms with E-state index in [1.807, 2.05) is 25.5 Å². The molecule has 2 aromatic rings. The van der Waals surface area contributed by atoms with Crippen LogP contribution in [-0.2, 0) is 0 Å². The van der Waals surface area contributed by atoms with E-state index in [4.69, 9.17) is 0 Å². The van der Waals surface area contributed by atoms with Crippen LogP contribution in [0.2, 0.25) is 0 Å². The van der Waals surface area contributed by atoms with Gasteiger partial charge < -0.3 is 15.2 Å². The first-order valence-electron chi connectivity index (χ1n) is 6.66. The van der Waals surface area contributed by atoms with Crippen LogP contribution >= 0.6 is 11.3 Å². The second-order valence-corrected chi connectivity index (χ2v) is 6.04. The van der Waals surface area contributed by atoms with Crippen LogP contribution in [0, 0.1) is 0 Å². The molecule has 0 aliphatic heterocycles. The second kappa shape index (κ2) is 6.69. The molecule has 1 amide bonds. The Balaban J connectivity index is 2.00. The average Bonchev–Trinajstić information content (AvgIpc) is 3.09. The van der Waals surface area contributed by atoms with Crippen LogP contribution in [0.4, 0.5) is 0 Å². The minimum atomic E-state index is -0.203. The molecule has 2 rings (SSSR count). The summed E-state index contributed by atoms with van der Waals surface area (Å²) in [6, 6.07) is 5.77. The van der Waals surface area contributed by atoms with Crippen molar-refractivity contribution in [3.8, 4) is 0 Å². The van der Waals surface area contributed by atoms with E-state index in [-0.39, 0.29) is 17.7 Å². The van der Waals surface area contributed by atoms with E-state index < -0.39 is 0 Å². The molecule has 0 bridgehead atoms. The predicted molar refractivity (Wildman–Crippen MR) is 83.9 cm³/mol. The van der Waals surface area contributed by atoms with Gasteiger partial charge in [0.1, 0.15) is 5.69 Å². The largest absolute Gasteiger partial charge is 0.356 e. The second-order valence-electron chi connectivity index (χ2n) is 5.06. The van der Waals surface area contributed by atoms with Crippen molar-refractivity contribution >= 4 is 23.0 Å². The number of hydrogen-bond acceptors (Lipinski definition) is 4. The number of aromatic nitrogens is 1. The lowest BCUT2D eigenvalue weighted by Gasteiger charge is -2.23. The molecule has 2 aromatic heterocycles. The molecule has 0 aromatic carbocycles. The van der Waals surface area contributed by atoms with Gasteiger partial charge in [-0.05, 0) is 38.5 Å². The van der Waals surface area contributed by atoms with Crippen LogP contribution in [0.5, 0.6) is 0 Å². The topological polar surface area (TPSA) is 65.2 Å². The van der Waals surface area contributed by atoms with E-state index in [0.29, 0.717) is 17.8 Å². The third kappa shape index (κ3) is 3.80. The number of Topliss-reactive ketones (excluding diaryl/α,β-unsaturated/α-hetero) is 1. The molecule has 0 radical (unpaired) electrons. The number of thiophene rings is 1. The smallest absolute Gasteiger partial charge is 0.267 e. The average molecular weight is 305 g/mol. The van der Waals surface area contributed by atoms with Crippen LogP contribution < -0.4 is 5.32 Å². The van der Waals surface area contributed by atoms with Crippen LogP contribution in [0.15, 0.2) is 29.8 Å². The van der Waals surface area contributed by atoms with Gasteiger partial charge in [-0.25, -0.2) is 0 Å². The summed E-state index contributed by atoms with van der Waals surface area (Å²) < 4.78 is 0. The van der Waals surface area contributed by atoms with Crippen LogP contribution in [-0.4, -0.2) is 42.2 Å². The number of amides is 1. The first-order valence-corrected chi connectivity index (χ1v) is 7.54. The highest BCUT2D eigenvalue weighted by atomic mass is 32.1. The fraction of sp³-hybridized carbons (Fsp3) is 0.333. The van der Waals surface area contributed by atoms with Gasteiger partial charge in [-0.3, -0.25) is 9.59 Å². The van der Waals surface area contributed by atoms with Crippen LogP contribution in [0.3, 0.4) is 0 Å². The number of rotatable bonds is 6. The van der Waals surface area contributed by atoms with Gasteiger partial charge in [-0.15, -0.1) is 11.3 Å². The maximum Gasteiger partial charge on any atom is 0.267 e. The Morgan fingerprint density at radius 1 is 1.43 bits per heavy atom. The first kappa shape index (κ1) is 15.5. The molecule has 5 nitrogen and oxygen atoms in total. The zero-order valence-corrected chi connectivity index (χ0v) is 13.2. The quantitative estimate of drug-likeness (QED) is 0.805. The molecule has 0 saturated heterocycles. The van der Waals surface area contributed by atoms with Crippen LogP contribution in [0.1, 0.15) is 38.7 Å². The van der Waals surface area contributed by atoms with Crippen molar-refractivity contribution in [2.24, 2.45) is 0 Å². The standard InChI is InChI=1S/C15H19N3O2S/c1-10(19)11-7-12(16-8-11)15(20)17-9-13(18(2)3)14-5-4-6-21-14/h4-8,13,16H,9H2,1-3H3,(H,17,20)/t13-/m0/s1. The van der Waals surface area contributed by atoms with Gasteiger partial charge in [0, 0.05) is 23.2 Å². The van der Waals surface area contributed by atoms with Gasteiger partial charge in [0.25, 0.3) is 5.91 Å². The Labute approximate surface area is 128 Å². The zero-order valence-electron chi connectivity index (χ0n) is 12.3. The third-order valence-corrected chi connectivity index (χ3v) is 4.26. The Morgan fingerprint density at radius 3 is 2.71 bits per heavy atom. The summed E-state index contributed by atoms with van der Waals surface area (Å²) >= 11 is 1.67. The molecule has 0 aliphatic carbocycles. The Morgan fingerprint density at radius 2 is 2.19 bits per heavy atom. The predicted octanol–water partition coefficient (Wildman–Crippen LogP) is 2.31. The number of ketones is 1. The minimum absolute atomic E-state index is 0.0601. The molecule has 1 atom stereocenters. The summed E-state index contributed by atoms with van der Waals surface area (Å²) in [7, 11) is 3.97. The molecule has 0 unspecified atom stereocenters. The molecule has 21 heavy (non-hydrogen) atoms. The number of aromatic amines is 1. The van der Waals surface area contributed by atoms with E-state index in [1.54, 1.807) is 23.6 Å². The van der Waals surface area contributed by atoms with E-state index in [0.717, 1.165) is 0 Å². The molecule has 0 aliphatic rings. The number of H-pyrrole nitrogens is 1. The summed E-state index contributed by atoms with van der Waals surface area (Å²) in [5, 5.41) is 4.93. The number of nitrogens with one attached hydrogen (secondary N) is 2. The normalized spacial score (nSPS) is 12.4. The fourth-order valence-electron chi connectivity index (χ4n) is 2.03. The molecular formula is C15H19N3O2S. The molecule has 2 heterocycles. The van der Waals surface area contributed by atoms with Gasteiger partial charge in [-0.2, -0.15) is 0 Å². The SMILES string of the molecule is CC(=O)c1c[nH]c(C(=O)NC[C@@H](c2cccs2)N(C)C)c1. The van der Waals surface area contributed by atoms with E-state index >= 15 is 0 Å². The molecule has 6 heteroatoms. The summed E-state index contributed by atoms with van der Waals surface area (Å²) in [5.41, 5.74) is 0.923. The summed E-state index contributed by atoms with van der Waals surface area (Å²) in [5.74, 6) is -0.263. The number of hydrogen-bond donors (Lipinski definition) is 2. The van der Waals surface area contributed by atoms with Gasteiger partial charge in [0.15, 0.2) is 5.78 Å². The number of carbonyl (C=O) groups is 2. The van der Waals surface area contributed by atoms with Crippen molar-refractivity contribution in [2.45, 2.75) is 13.0 Å². The van der Waals surface area contributed by atoms with Crippen molar-refractivity contribution < 1.29 is 9.59 Å².